The number of aromatic nitrogens is 4. The summed E-state index contributed by atoms with van der Waals surface area (Å²) in [6, 6.07) is 62.5. The van der Waals surface area contributed by atoms with E-state index in [0.717, 1.165) is 99.2 Å². The monoisotopic (exact) mass is 730 g/mol. The van der Waals surface area contributed by atoms with E-state index in [4.69, 9.17) is 23.8 Å². The summed E-state index contributed by atoms with van der Waals surface area (Å²) in [6.45, 7) is 0. The second-order valence-electron chi connectivity index (χ2n) is 14.3. The minimum absolute atomic E-state index is 0.572. The smallest absolute Gasteiger partial charge is 0.164 e. The Morgan fingerprint density at radius 3 is 1.65 bits per heavy atom. The largest absolute Gasteiger partial charge is 0.454 e. The molecule has 8 aromatic carbocycles. The van der Waals surface area contributed by atoms with Gasteiger partial charge in [-0.1, -0.05) is 146 Å². The summed E-state index contributed by atoms with van der Waals surface area (Å²) in [4.78, 5) is 15.0. The van der Waals surface area contributed by atoms with Crippen LogP contribution in [0, 0.1) is 0 Å². The first-order chi connectivity index (χ1) is 28.3. The Morgan fingerprint density at radius 2 is 0.930 bits per heavy atom. The number of hydrogen-bond acceptors (Lipinski definition) is 5. The molecule has 12 aromatic rings. The first-order valence-electron chi connectivity index (χ1n) is 19.0. The summed E-state index contributed by atoms with van der Waals surface area (Å²) in [5.41, 5.74) is 11.1. The average molecular weight is 731 g/mol. The Kier molecular flexibility index (Phi) is 6.83. The summed E-state index contributed by atoms with van der Waals surface area (Å²) >= 11 is 0. The molecule has 12 rings (SSSR count). The Balaban J connectivity index is 1.14. The van der Waals surface area contributed by atoms with Crippen molar-refractivity contribution in [3.8, 4) is 51.0 Å². The Labute approximate surface area is 325 Å². The molecule has 6 heteroatoms. The van der Waals surface area contributed by atoms with E-state index in [2.05, 4.69) is 108 Å². The van der Waals surface area contributed by atoms with Gasteiger partial charge in [-0.15, -0.1) is 0 Å². The molecule has 0 aliphatic carbocycles. The maximum Gasteiger partial charge on any atom is 0.164 e. The van der Waals surface area contributed by atoms with Crippen molar-refractivity contribution in [3.05, 3.63) is 182 Å². The molecule has 57 heavy (non-hydrogen) atoms. The van der Waals surface area contributed by atoms with Crippen LogP contribution in [0.2, 0.25) is 0 Å². The van der Waals surface area contributed by atoms with Crippen LogP contribution in [0.15, 0.2) is 191 Å². The van der Waals surface area contributed by atoms with Crippen LogP contribution in [0.1, 0.15) is 0 Å². The van der Waals surface area contributed by atoms with Crippen molar-refractivity contribution in [3.63, 3.8) is 0 Å². The van der Waals surface area contributed by atoms with Gasteiger partial charge in [-0.05, 0) is 47.5 Å². The first-order valence-corrected chi connectivity index (χ1v) is 19.0. The predicted octanol–water partition coefficient (Wildman–Crippen LogP) is 13.4. The van der Waals surface area contributed by atoms with Crippen LogP contribution in [-0.4, -0.2) is 19.5 Å². The average Bonchev–Trinajstić information content (AvgIpc) is 3.97. The van der Waals surface area contributed by atoms with Crippen molar-refractivity contribution < 1.29 is 8.83 Å². The molecule has 0 saturated heterocycles. The number of benzene rings is 8. The maximum absolute atomic E-state index is 7.11. The van der Waals surface area contributed by atoms with Gasteiger partial charge in [-0.2, -0.15) is 0 Å². The lowest BCUT2D eigenvalue weighted by molar-refractivity contribution is 0.665. The zero-order chi connectivity index (χ0) is 37.5. The minimum Gasteiger partial charge on any atom is -0.454 e. The van der Waals surface area contributed by atoms with Crippen LogP contribution in [0.25, 0.3) is 117 Å². The van der Waals surface area contributed by atoms with Crippen molar-refractivity contribution in [2.75, 3.05) is 0 Å². The zero-order valence-electron chi connectivity index (χ0n) is 30.4. The van der Waals surface area contributed by atoms with Gasteiger partial charge in [0.25, 0.3) is 0 Å². The normalized spacial score (nSPS) is 11.9. The lowest BCUT2D eigenvalue weighted by Crippen LogP contribution is -2.00. The van der Waals surface area contributed by atoms with Gasteiger partial charge in [0.1, 0.15) is 11.2 Å². The summed E-state index contributed by atoms with van der Waals surface area (Å²) in [7, 11) is 0. The molecule has 0 N–H and O–H groups in total. The highest BCUT2D eigenvalue weighted by Crippen LogP contribution is 2.45. The highest BCUT2D eigenvalue weighted by atomic mass is 16.3. The van der Waals surface area contributed by atoms with E-state index in [0.29, 0.717) is 17.5 Å². The van der Waals surface area contributed by atoms with Crippen LogP contribution < -0.4 is 0 Å². The molecular formula is C51H30N4O2. The van der Waals surface area contributed by atoms with Crippen molar-refractivity contribution in [2.45, 2.75) is 0 Å². The minimum atomic E-state index is 0.572. The fourth-order valence-corrected chi connectivity index (χ4v) is 8.46. The molecule has 0 unspecified atom stereocenters. The van der Waals surface area contributed by atoms with Crippen LogP contribution in [-0.2, 0) is 0 Å². The highest BCUT2D eigenvalue weighted by molar-refractivity contribution is 6.23. The van der Waals surface area contributed by atoms with E-state index in [1.54, 1.807) is 0 Å². The lowest BCUT2D eigenvalue weighted by atomic mass is 9.98. The van der Waals surface area contributed by atoms with Gasteiger partial charge in [0.15, 0.2) is 28.6 Å². The van der Waals surface area contributed by atoms with E-state index >= 15 is 0 Å². The number of nitrogens with zero attached hydrogens (tertiary/aromatic N) is 4. The molecule has 0 aliphatic rings. The van der Waals surface area contributed by atoms with E-state index in [1.807, 2.05) is 78.9 Å². The van der Waals surface area contributed by atoms with Gasteiger partial charge in [-0.25, -0.2) is 15.0 Å². The number of para-hydroxylation sites is 2. The summed E-state index contributed by atoms with van der Waals surface area (Å²) in [5.74, 6) is 1.80. The molecule has 0 aliphatic heterocycles. The number of furan rings is 2. The quantitative estimate of drug-likeness (QED) is 0.176. The SMILES string of the molecule is c1ccc(-c2nc(-c3ccccc3)nc(-c3ccc4c(c3)oc3c(-n5c6ccccc6c6ccc7c8ccccc8oc7c65)ccc(-c5ccccc5)c34)n2)cc1. The van der Waals surface area contributed by atoms with Crippen LogP contribution in [0.4, 0.5) is 0 Å². The predicted molar refractivity (Wildman–Crippen MR) is 230 cm³/mol. The molecular weight excluding hydrogens is 701 g/mol. The van der Waals surface area contributed by atoms with Crippen LogP contribution >= 0.6 is 0 Å². The van der Waals surface area contributed by atoms with E-state index in [9.17, 15) is 0 Å². The van der Waals surface area contributed by atoms with Gasteiger partial charge in [0.05, 0.1) is 16.7 Å². The molecule has 0 amide bonds. The molecule has 0 saturated carbocycles. The van der Waals surface area contributed by atoms with Gasteiger partial charge in [-0.3, -0.25) is 0 Å². The molecule has 4 heterocycles. The fraction of sp³-hybridized carbons (Fsp3) is 0. The molecule has 0 fully saturated rings. The van der Waals surface area contributed by atoms with Crippen molar-refractivity contribution >= 4 is 65.7 Å². The molecule has 6 nitrogen and oxygen atoms in total. The molecule has 266 valence electrons. The van der Waals surface area contributed by atoms with Crippen molar-refractivity contribution in [2.24, 2.45) is 0 Å². The van der Waals surface area contributed by atoms with Gasteiger partial charge in [0.2, 0.25) is 0 Å². The van der Waals surface area contributed by atoms with Crippen LogP contribution in [0.5, 0.6) is 0 Å². The Hall–Kier alpha value is -7.83. The molecule has 0 spiro atoms. The number of rotatable bonds is 5. The Morgan fingerprint density at radius 1 is 0.368 bits per heavy atom. The Bertz CT molecular complexity index is 3450. The molecule has 0 bridgehead atoms. The third-order valence-corrected chi connectivity index (χ3v) is 11.1. The topological polar surface area (TPSA) is 69.9 Å². The maximum atomic E-state index is 7.11. The molecule has 0 radical (unpaired) electrons. The van der Waals surface area contributed by atoms with Crippen molar-refractivity contribution in [1.82, 2.24) is 19.5 Å². The molecule has 0 atom stereocenters. The summed E-state index contributed by atoms with van der Waals surface area (Å²) in [6.07, 6.45) is 0. The van der Waals surface area contributed by atoms with E-state index < -0.39 is 0 Å². The number of fused-ring (bicyclic) bond motifs is 10. The second-order valence-corrected chi connectivity index (χ2v) is 14.3. The zero-order valence-corrected chi connectivity index (χ0v) is 30.4. The molecule has 4 aromatic heterocycles. The lowest BCUT2D eigenvalue weighted by Gasteiger charge is -2.12. The summed E-state index contributed by atoms with van der Waals surface area (Å²) in [5, 5.41) is 6.48. The van der Waals surface area contributed by atoms with E-state index in [-0.39, 0.29) is 0 Å². The number of hydrogen-bond donors (Lipinski definition) is 0. The third kappa shape index (κ3) is 4.87. The third-order valence-electron chi connectivity index (χ3n) is 11.1. The fourth-order valence-electron chi connectivity index (χ4n) is 8.46. The highest BCUT2D eigenvalue weighted by Gasteiger charge is 2.24. The van der Waals surface area contributed by atoms with E-state index in [1.165, 1.54) is 0 Å². The standard InChI is InChI=1S/C51H30N4O2/c1-4-14-31(15-5-1)35-28-29-42(55-41-22-12-10-20-36(41)38-26-27-39-37-21-11-13-23-43(37)56-47(39)46(38)55)48-45(35)40-25-24-34(30-44(40)57-48)51-53-49(32-16-6-2-7-17-32)52-50(54-51)33-18-8-3-9-19-33/h1-30H. The first kappa shape index (κ1) is 31.5. The summed E-state index contributed by atoms with van der Waals surface area (Å²) < 4.78 is 16.1. The second kappa shape index (κ2) is 12.3. The van der Waals surface area contributed by atoms with Gasteiger partial charge in [0, 0.05) is 49.0 Å². The van der Waals surface area contributed by atoms with Gasteiger partial charge < -0.3 is 13.4 Å². The van der Waals surface area contributed by atoms with Gasteiger partial charge >= 0.3 is 0 Å². The van der Waals surface area contributed by atoms with Crippen LogP contribution in [0.3, 0.4) is 0 Å². The van der Waals surface area contributed by atoms with Crippen molar-refractivity contribution in [1.29, 1.82) is 0 Å².